The quantitative estimate of drug-likeness (QED) is 0.687. The highest BCUT2D eigenvalue weighted by atomic mass is 16.5. The Bertz CT molecular complexity index is 369. The lowest BCUT2D eigenvalue weighted by molar-refractivity contribution is -0.145. The fourth-order valence-corrected chi connectivity index (χ4v) is 1.43. The largest absolute Gasteiger partial charge is 0.491 e. The van der Waals surface area contributed by atoms with Crippen molar-refractivity contribution in [1.82, 2.24) is 5.32 Å². The molecule has 0 bridgehead atoms. The summed E-state index contributed by atoms with van der Waals surface area (Å²) in [5, 5.41) is 12.6. The molecule has 1 aromatic carbocycles. The molecule has 0 aliphatic carbocycles. The third-order valence-corrected chi connectivity index (χ3v) is 2.49. The van der Waals surface area contributed by atoms with E-state index in [0.29, 0.717) is 12.4 Å². The Hall–Kier alpha value is -1.59. The molecule has 1 rings (SSSR count). The Kier molecular flexibility index (Phi) is 6.92. The first-order valence-electron chi connectivity index (χ1n) is 6.39. The van der Waals surface area contributed by atoms with E-state index in [1.807, 2.05) is 30.3 Å². The predicted molar refractivity (Wildman–Crippen MR) is 72.0 cm³/mol. The lowest BCUT2D eigenvalue weighted by atomic mass is 10.3. The van der Waals surface area contributed by atoms with Crippen molar-refractivity contribution in [2.45, 2.75) is 26.0 Å². The second-order valence-electron chi connectivity index (χ2n) is 4.16. The van der Waals surface area contributed by atoms with Crippen LogP contribution in [0.5, 0.6) is 5.75 Å². The lowest BCUT2D eigenvalue weighted by Gasteiger charge is -2.16. The van der Waals surface area contributed by atoms with Gasteiger partial charge in [-0.15, -0.1) is 0 Å². The van der Waals surface area contributed by atoms with Gasteiger partial charge in [-0.1, -0.05) is 18.2 Å². The standard InChI is InChI=1S/C14H21NO4/c1-3-18-14(17)11(2)15-9-12(16)10-19-13-7-5-4-6-8-13/h4-8,11-12,15-16H,3,9-10H2,1-2H3. The van der Waals surface area contributed by atoms with E-state index in [0.717, 1.165) is 0 Å². The molecule has 19 heavy (non-hydrogen) atoms. The summed E-state index contributed by atoms with van der Waals surface area (Å²) in [6.07, 6.45) is -0.683. The molecule has 5 nitrogen and oxygen atoms in total. The van der Waals surface area contributed by atoms with Crippen molar-refractivity contribution in [2.75, 3.05) is 19.8 Å². The topological polar surface area (TPSA) is 67.8 Å². The van der Waals surface area contributed by atoms with Crippen molar-refractivity contribution in [3.05, 3.63) is 30.3 Å². The average Bonchev–Trinajstić information content (AvgIpc) is 2.43. The number of benzene rings is 1. The molecule has 1 aromatic rings. The van der Waals surface area contributed by atoms with Crippen molar-refractivity contribution in [2.24, 2.45) is 0 Å². The molecule has 5 heteroatoms. The Morgan fingerprint density at radius 2 is 2.05 bits per heavy atom. The van der Waals surface area contributed by atoms with Crippen LogP contribution in [0.15, 0.2) is 30.3 Å². The van der Waals surface area contributed by atoms with Crippen LogP contribution in [0, 0.1) is 0 Å². The normalized spacial score (nSPS) is 13.6. The molecule has 0 heterocycles. The third kappa shape index (κ3) is 6.22. The molecule has 2 atom stereocenters. The molecule has 0 aliphatic heterocycles. The maximum absolute atomic E-state index is 11.3. The smallest absolute Gasteiger partial charge is 0.322 e. The number of rotatable bonds is 8. The Morgan fingerprint density at radius 1 is 1.37 bits per heavy atom. The fraction of sp³-hybridized carbons (Fsp3) is 0.500. The highest BCUT2D eigenvalue weighted by molar-refractivity contribution is 5.75. The molecular formula is C14H21NO4. The predicted octanol–water partition coefficient (Wildman–Crippen LogP) is 0.967. The number of hydrogen-bond acceptors (Lipinski definition) is 5. The number of para-hydroxylation sites is 1. The van der Waals surface area contributed by atoms with Gasteiger partial charge in [-0.05, 0) is 26.0 Å². The number of carbonyl (C=O) groups is 1. The first-order chi connectivity index (χ1) is 9.13. The Morgan fingerprint density at radius 3 is 2.68 bits per heavy atom. The summed E-state index contributed by atoms with van der Waals surface area (Å²) in [5.41, 5.74) is 0. The summed E-state index contributed by atoms with van der Waals surface area (Å²) in [6, 6.07) is 8.83. The van der Waals surface area contributed by atoms with E-state index in [2.05, 4.69) is 5.32 Å². The minimum absolute atomic E-state index is 0.173. The maximum Gasteiger partial charge on any atom is 0.322 e. The van der Waals surface area contributed by atoms with Crippen LogP contribution in [0.25, 0.3) is 0 Å². The van der Waals surface area contributed by atoms with Crippen LogP contribution in [0.3, 0.4) is 0 Å². The molecular weight excluding hydrogens is 246 g/mol. The summed E-state index contributed by atoms with van der Waals surface area (Å²) >= 11 is 0. The molecule has 0 fully saturated rings. The van der Waals surface area contributed by atoms with Gasteiger partial charge in [0.15, 0.2) is 0 Å². The molecule has 0 aromatic heterocycles. The highest BCUT2D eigenvalue weighted by Crippen LogP contribution is 2.08. The SMILES string of the molecule is CCOC(=O)C(C)NCC(O)COc1ccccc1. The summed E-state index contributed by atoms with van der Waals surface area (Å²) in [7, 11) is 0. The van der Waals surface area contributed by atoms with Crippen molar-refractivity contribution < 1.29 is 19.4 Å². The van der Waals surface area contributed by atoms with Crippen LogP contribution in [-0.4, -0.2) is 43.0 Å². The fourth-order valence-electron chi connectivity index (χ4n) is 1.43. The molecule has 0 saturated heterocycles. The van der Waals surface area contributed by atoms with Gasteiger partial charge in [0.05, 0.1) is 6.61 Å². The molecule has 0 aliphatic rings. The van der Waals surface area contributed by atoms with Gasteiger partial charge in [0.1, 0.15) is 24.5 Å². The average molecular weight is 267 g/mol. The van der Waals surface area contributed by atoms with Crippen molar-refractivity contribution in [1.29, 1.82) is 0 Å². The number of nitrogens with one attached hydrogen (secondary N) is 1. The van der Waals surface area contributed by atoms with E-state index >= 15 is 0 Å². The molecule has 0 amide bonds. The first kappa shape index (κ1) is 15.5. The minimum Gasteiger partial charge on any atom is -0.491 e. The van der Waals surface area contributed by atoms with Gasteiger partial charge in [0, 0.05) is 6.54 Å². The van der Waals surface area contributed by atoms with E-state index in [-0.39, 0.29) is 19.1 Å². The van der Waals surface area contributed by atoms with Gasteiger partial charge in [-0.25, -0.2) is 0 Å². The number of aliphatic hydroxyl groups is 1. The number of hydrogen-bond donors (Lipinski definition) is 2. The van der Waals surface area contributed by atoms with E-state index in [4.69, 9.17) is 9.47 Å². The van der Waals surface area contributed by atoms with Crippen LogP contribution in [0.1, 0.15) is 13.8 Å². The van der Waals surface area contributed by atoms with E-state index in [9.17, 15) is 9.90 Å². The van der Waals surface area contributed by atoms with Crippen LogP contribution in [0.4, 0.5) is 0 Å². The summed E-state index contributed by atoms with van der Waals surface area (Å²) < 4.78 is 10.3. The minimum atomic E-state index is -0.683. The maximum atomic E-state index is 11.3. The van der Waals surface area contributed by atoms with Gasteiger partial charge in [-0.2, -0.15) is 0 Å². The van der Waals surface area contributed by atoms with Gasteiger partial charge in [0.2, 0.25) is 0 Å². The van der Waals surface area contributed by atoms with Crippen LogP contribution < -0.4 is 10.1 Å². The summed E-state index contributed by atoms with van der Waals surface area (Å²) in [5.74, 6) is 0.388. The van der Waals surface area contributed by atoms with Crippen LogP contribution >= 0.6 is 0 Å². The first-order valence-corrected chi connectivity index (χ1v) is 6.39. The second-order valence-corrected chi connectivity index (χ2v) is 4.16. The lowest BCUT2D eigenvalue weighted by Crippen LogP contribution is -2.41. The number of carbonyl (C=O) groups excluding carboxylic acids is 1. The zero-order valence-corrected chi connectivity index (χ0v) is 11.3. The third-order valence-electron chi connectivity index (χ3n) is 2.49. The highest BCUT2D eigenvalue weighted by Gasteiger charge is 2.15. The Labute approximate surface area is 113 Å². The van der Waals surface area contributed by atoms with Gasteiger partial charge >= 0.3 is 5.97 Å². The molecule has 106 valence electrons. The van der Waals surface area contributed by atoms with E-state index < -0.39 is 12.1 Å². The van der Waals surface area contributed by atoms with E-state index in [1.165, 1.54) is 0 Å². The molecule has 0 saturated carbocycles. The molecule has 0 radical (unpaired) electrons. The number of aliphatic hydroxyl groups excluding tert-OH is 1. The monoisotopic (exact) mass is 267 g/mol. The van der Waals surface area contributed by atoms with Gasteiger partial charge < -0.3 is 19.9 Å². The van der Waals surface area contributed by atoms with Crippen molar-refractivity contribution in [3.63, 3.8) is 0 Å². The molecule has 0 spiro atoms. The molecule has 2 unspecified atom stereocenters. The van der Waals surface area contributed by atoms with Crippen molar-refractivity contribution in [3.8, 4) is 5.75 Å². The molecule has 2 N–H and O–H groups in total. The van der Waals surface area contributed by atoms with Gasteiger partial charge in [-0.3, -0.25) is 4.79 Å². The summed E-state index contributed by atoms with van der Waals surface area (Å²) in [6.45, 7) is 4.25. The number of esters is 1. The van der Waals surface area contributed by atoms with Crippen LogP contribution in [-0.2, 0) is 9.53 Å². The zero-order chi connectivity index (χ0) is 14.1. The zero-order valence-electron chi connectivity index (χ0n) is 11.3. The van der Waals surface area contributed by atoms with Crippen molar-refractivity contribution >= 4 is 5.97 Å². The Balaban J connectivity index is 2.21. The van der Waals surface area contributed by atoms with E-state index in [1.54, 1.807) is 13.8 Å². The van der Waals surface area contributed by atoms with Crippen LogP contribution in [0.2, 0.25) is 0 Å². The second kappa shape index (κ2) is 8.50. The van der Waals surface area contributed by atoms with Gasteiger partial charge in [0.25, 0.3) is 0 Å². The summed E-state index contributed by atoms with van der Waals surface area (Å²) in [4.78, 5) is 11.3. The number of ether oxygens (including phenoxy) is 2.